The third-order valence-corrected chi connectivity index (χ3v) is 7.23. The molecule has 0 saturated heterocycles. The van der Waals surface area contributed by atoms with Gasteiger partial charge in [0, 0.05) is 0 Å². The van der Waals surface area contributed by atoms with E-state index in [4.69, 9.17) is 4.74 Å². The minimum atomic E-state index is -3.76. The van der Waals surface area contributed by atoms with Crippen LogP contribution in [0.2, 0.25) is 0 Å². The van der Waals surface area contributed by atoms with E-state index < -0.39 is 16.1 Å². The largest absolute Gasteiger partial charge is 0.366 e. The summed E-state index contributed by atoms with van der Waals surface area (Å²) in [5.74, 6) is 0. The number of sulfonamides is 1. The summed E-state index contributed by atoms with van der Waals surface area (Å²) in [6.07, 6.45) is 0.807. The average Bonchev–Trinajstić information content (AvgIpc) is 2.92. The van der Waals surface area contributed by atoms with Gasteiger partial charge in [-0.2, -0.15) is 0 Å². The zero-order chi connectivity index (χ0) is 24.3. The molecule has 180 valence electrons. The molecule has 0 fully saturated rings. The fourth-order valence-electron chi connectivity index (χ4n) is 3.97. The summed E-state index contributed by atoms with van der Waals surface area (Å²) in [4.78, 5) is 0.229. The fourth-order valence-corrected chi connectivity index (χ4v) is 5.23. The van der Waals surface area contributed by atoms with E-state index in [2.05, 4.69) is 22.2 Å². The van der Waals surface area contributed by atoms with Gasteiger partial charge in [-0.3, -0.25) is 5.32 Å². The maximum Gasteiger partial charge on any atom is 0.241 e. The molecule has 0 spiro atoms. The fraction of sp³-hybridized carbons (Fsp3) is 0.172. The molecule has 0 aliphatic carbocycles. The van der Waals surface area contributed by atoms with Crippen LogP contribution < -0.4 is 10.0 Å². The van der Waals surface area contributed by atoms with E-state index in [1.165, 1.54) is 5.56 Å². The highest BCUT2D eigenvalue weighted by Crippen LogP contribution is 2.30. The van der Waals surface area contributed by atoms with Crippen molar-refractivity contribution in [2.24, 2.45) is 0 Å². The molecule has 0 amide bonds. The van der Waals surface area contributed by atoms with Crippen LogP contribution in [0.3, 0.4) is 0 Å². The van der Waals surface area contributed by atoms with Crippen LogP contribution in [0, 0.1) is 0 Å². The van der Waals surface area contributed by atoms with E-state index in [0.717, 1.165) is 17.5 Å². The van der Waals surface area contributed by atoms with Crippen molar-refractivity contribution in [3.05, 3.63) is 138 Å². The van der Waals surface area contributed by atoms with Crippen LogP contribution in [-0.4, -0.2) is 21.8 Å². The van der Waals surface area contributed by atoms with Gasteiger partial charge in [-0.05, 0) is 35.2 Å². The van der Waals surface area contributed by atoms with Crippen molar-refractivity contribution >= 4 is 10.0 Å². The normalized spacial score (nSPS) is 13.3. The lowest BCUT2D eigenvalue weighted by atomic mass is 9.94. The van der Waals surface area contributed by atoms with Crippen molar-refractivity contribution in [1.29, 1.82) is 0 Å². The predicted octanol–water partition coefficient (Wildman–Crippen LogP) is 5.25. The Bertz CT molecular complexity index is 1250. The number of ether oxygens (including phenoxy) is 1. The second-order valence-electron chi connectivity index (χ2n) is 8.20. The van der Waals surface area contributed by atoms with Crippen molar-refractivity contribution in [2.45, 2.75) is 23.4 Å². The van der Waals surface area contributed by atoms with Crippen molar-refractivity contribution in [3.63, 3.8) is 0 Å². The van der Waals surface area contributed by atoms with Gasteiger partial charge in [0.2, 0.25) is 10.0 Å². The van der Waals surface area contributed by atoms with Gasteiger partial charge in [0.15, 0.2) is 0 Å². The molecule has 0 heterocycles. The van der Waals surface area contributed by atoms with Crippen molar-refractivity contribution in [2.75, 3.05) is 13.3 Å². The quantitative estimate of drug-likeness (QED) is 0.212. The molecule has 0 radical (unpaired) electrons. The van der Waals surface area contributed by atoms with Crippen LogP contribution in [0.15, 0.2) is 126 Å². The predicted molar refractivity (Wildman–Crippen MR) is 139 cm³/mol. The van der Waals surface area contributed by atoms with Gasteiger partial charge in [-0.15, -0.1) is 0 Å². The van der Waals surface area contributed by atoms with Gasteiger partial charge in [0.1, 0.15) is 0 Å². The summed E-state index contributed by atoms with van der Waals surface area (Å²) in [6.45, 7) is 0.840. The molecule has 4 aromatic rings. The first-order chi connectivity index (χ1) is 17.1. The highest BCUT2D eigenvalue weighted by atomic mass is 32.2. The van der Waals surface area contributed by atoms with E-state index >= 15 is 0 Å². The third kappa shape index (κ3) is 7.10. The van der Waals surface area contributed by atoms with E-state index in [9.17, 15) is 8.42 Å². The number of rotatable bonds is 12. The maximum absolute atomic E-state index is 13.3. The average molecular weight is 487 g/mol. The molecule has 4 aromatic carbocycles. The minimum absolute atomic E-state index is 0.229. The standard InChI is InChI=1S/C29H30N2O3S/c32-35(33,27-19-11-4-12-20-27)31-29(26-17-9-3-10-18-26)28(25-15-7-2-8-16-25)30-23-34-22-21-24-13-5-1-6-14-24/h1-20,28-31H,21-23H2. The first kappa shape index (κ1) is 24.8. The molecular formula is C29H30N2O3S. The molecule has 35 heavy (non-hydrogen) atoms. The molecular weight excluding hydrogens is 456 g/mol. The topological polar surface area (TPSA) is 67.4 Å². The number of benzene rings is 4. The summed E-state index contributed by atoms with van der Waals surface area (Å²) in [5.41, 5.74) is 3.03. The smallest absolute Gasteiger partial charge is 0.241 e. The van der Waals surface area contributed by atoms with Crippen LogP contribution in [0.25, 0.3) is 0 Å². The Morgan fingerprint density at radius 2 is 1.11 bits per heavy atom. The van der Waals surface area contributed by atoms with E-state index in [0.29, 0.717) is 6.61 Å². The molecule has 0 aliphatic heterocycles. The lowest BCUT2D eigenvalue weighted by molar-refractivity contribution is 0.106. The van der Waals surface area contributed by atoms with Crippen molar-refractivity contribution in [3.8, 4) is 0 Å². The van der Waals surface area contributed by atoms with Crippen LogP contribution in [0.5, 0.6) is 0 Å². The Balaban J connectivity index is 1.56. The van der Waals surface area contributed by atoms with Gasteiger partial charge >= 0.3 is 0 Å². The molecule has 5 nitrogen and oxygen atoms in total. The summed E-state index contributed by atoms with van der Waals surface area (Å²) >= 11 is 0. The Morgan fingerprint density at radius 1 is 0.629 bits per heavy atom. The van der Waals surface area contributed by atoms with Crippen LogP contribution in [0.1, 0.15) is 28.8 Å². The summed E-state index contributed by atoms with van der Waals surface area (Å²) in [5, 5.41) is 3.45. The van der Waals surface area contributed by atoms with Gasteiger partial charge in [-0.25, -0.2) is 13.1 Å². The summed E-state index contributed by atoms with van der Waals surface area (Å²) in [6, 6.07) is 37.2. The SMILES string of the molecule is O=S(=O)(NC(c1ccccc1)C(NCOCCc1ccccc1)c1ccccc1)c1ccccc1. The maximum atomic E-state index is 13.3. The van der Waals surface area contributed by atoms with E-state index in [-0.39, 0.29) is 17.7 Å². The molecule has 2 atom stereocenters. The van der Waals surface area contributed by atoms with E-state index in [1.54, 1.807) is 30.3 Å². The van der Waals surface area contributed by atoms with Crippen LogP contribution in [-0.2, 0) is 21.2 Å². The van der Waals surface area contributed by atoms with E-state index in [1.807, 2.05) is 78.9 Å². The van der Waals surface area contributed by atoms with Gasteiger partial charge in [-0.1, -0.05) is 109 Å². The van der Waals surface area contributed by atoms with Gasteiger partial charge in [0.05, 0.1) is 30.3 Å². The lowest BCUT2D eigenvalue weighted by Crippen LogP contribution is -2.39. The highest BCUT2D eigenvalue weighted by molar-refractivity contribution is 7.89. The minimum Gasteiger partial charge on any atom is -0.366 e. The van der Waals surface area contributed by atoms with Crippen LogP contribution in [0.4, 0.5) is 0 Å². The first-order valence-corrected chi connectivity index (χ1v) is 13.1. The Kier molecular flexibility index (Phi) is 8.81. The van der Waals surface area contributed by atoms with Gasteiger partial charge < -0.3 is 4.74 Å². The number of hydrogen-bond donors (Lipinski definition) is 2. The van der Waals surface area contributed by atoms with Crippen molar-refractivity contribution < 1.29 is 13.2 Å². The Morgan fingerprint density at radius 3 is 1.69 bits per heavy atom. The zero-order valence-corrected chi connectivity index (χ0v) is 20.3. The molecule has 4 rings (SSSR count). The molecule has 2 N–H and O–H groups in total. The molecule has 0 bridgehead atoms. The van der Waals surface area contributed by atoms with Crippen molar-refractivity contribution in [1.82, 2.24) is 10.0 Å². The second kappa shape index (κ2) is 12.4. The summed E-state index contributed by atoms with van der Waals surface area (Å²) < 4.78 is 35.5. The molecule has 6 heteroatoms. The monoisotopic (exact) mass is 486 g/mol. The third-order valence-electron chi connectivity index (χ3n) is 5.77. The molecule has 0 aliphatic rings. The zero-order valence-electron chi connectivity index (χ0n) is 19.5. The summed E-state index contributed by atoms with van der Waals surface area (Å²) in [7, 11) is -3.76. The molecule has 0 saturated carbocycles. The first-order valence-electron chi connectivity index (χ1n) is 11.7. The Hall–Kier alpha value is -3.29. The molecule has 2 unspecified atom stereocenters. The number of nitrogens with one attached hydrogen (secondary N) is 2. The van der Waals surface area contributed by atoms with Crippen LogP contribution >= 0.6 is 0 Å². The number of hydrogen-bond acceptors (Lipinski definition) is 4. The second-order valence-corrected chi connectivity index (χ2v) is 9.92. The lowest BCUT2D eigenvalue weighted by Gasteiger charge is -2.30. The van der Waals surface area contributed by atoms with Gasteiger partial charge in [0.25, 0.3) is 0 Å². The molecule has 0 aromatic heterocycles. The Labute approximate surface area is 207 Å². The highest BCUT2D eigenvalue weighted by Gasteiger charge is 2.29.